The van der Waals surface area contributed by atoms with Crippen LogP contribution in [0.2, 0.25) is 0 Å². The minimum Gasteiger partial charge on any atom is -0.396 e. The number of para-hydroxylation sites is 1. The predicted molar refractivity (Wildman–Crippen MR) is 115 cm³/mol. The minimum absolute atomic E-state index is 0. The van der Waals surface area contributed by atoms with Crippen molar-refractivity contribution in [3.63, 3.8) is 0 Å². The Kier molecular flexibility index (Phi) is 10.2. The van der Waals surface area contributed by atoms with Crippen LogP contribution < -0.4 is 21.3 Å². The van der Waals surface area contributed by atoms with Crippen LogP contribution in [-0.4, -0.2) is 38.6 Å². The zero-order valence-electron chi connectivity index (χ0n) is 16.6. The normalized spacial score (nSPS) is 18.4. The first-order chi connectivity index (χ1) is 12.3. The molecule has 1 aliphatic heterocycles. The van der Waals surface area contributed by atoms with Crippen molar-refractivity contribution in [2.75, 3.05) is 43.4 Å². The number of nitrogens with one attached hydrogen (secondary N) is 2. The van der Waals surface area contributed by atoms with Gasteiger partial charge in [0.2, 0.25) is 0 Å². The Balaban J connectivity index is 0.00000182. The highest BCUT2D eigenvalue weighted by Gasteiger charge is 2.19. The number of nitrogen functional groups attached to an aromatic ring is 1. The first-order valence-corrected chi connectivity index (χ1v) is 9.71. The number of nitrogens with two attached hydrogens (primary N) is 1. The van der Waals surface area contributed by atoms with E-state index < -0.39 is 0 Å². The lowest BCUT2D eigenvalue weighted by molar-refractivity contribution is 0.0955. The molecule has 0 atom stereocenters. The van der Waals surface area contributed by atoms with Crippen LogP contribution >= 0.6 is 0 Å². The number of rotatable bonds is 4. The number of benzene rings is 1. The van der Waals surface area contributed by atoms with Gasteiger partial charge >= 0.3 is 0 Å². The zero-order valence-corrected chi connectivity index (χ0v) is 16.6. The topological polar surface area (TPSA) is 70.4 Å². The SMILES string of the molecule is Nc1c(C(=O)NC[C]2CCCCCCC2)cccc1N1CCNCC1.[CH2].[CH2]. The first-order valence-electron chi connectivity index (χ1n) is 9.71. The van der Waals surface area contributed by atoms with Gasteiger partial charge in [-0.2, -0.15) is 0 Å². The molecule has 0 aromatic heterocycles. The van der Waals surface area contributed by atoms with E-state index in [9.17, 15) is 4.79 Å². The maximum atomic E-state index is 12.7. The Bertz CT molecular complexity index is 561. The Morgan fingerprint density at radius 2 is 1.67 bits per heavy atom. The molecule has 3 rings (SSSR count). The molecule has 5 radical (unpaired) electrons. The van der Waals surface area contributed by atoms with Crippen molar-refractivity contribution in [2.24, 2.45) is 0 Å². The average Bonchev–Trinajstić information content (AvgIpc) is 2.61. The molecule has 0 spiro atoms. The molecule has 0 unspecified atom stereocenters. The maximum Gasteiger partial charge on any atom is 0.253 e. The largest absolute Gasteiger partial charge is 0.396 e. The van der Waals surface area contributed by atoms with Crippen molar-refractivity contribution in [3.05, 3.63) is 44.5 Å². The van der Waals surface area contributed by atoms with Crippen molar-refractivity contribution in [1.82, 2.24) is 10.6 Å². The molecule has 27 heavy (non-hydrogen) atoms. The molecule has 1 aromatic rings. The fraction of sp³-hybridized carbons (Fsp3) is 0.545. The van der Waals surface area contributed by atoms with Gasteiger partial charge in [0, 0.05) is 32.7 Å². The van der Waals surface area contributed by atoms with E-state index in [1.807, 2.05) is 18.2 Å². The number of nitrogens with zero attached hydrogens (tertiary/aromatic N) is 1. The highest BCUT2D eigenvalue weighted by atomic mass is 16.1. The van der Waals surface area contributed by atoms with Crippen LogP contribution in [0.1, 0.15) is 55.3 Å². The zero-order chi connectivity index (χ0) is 17.5. The lowest BCUT2D eigenvalue weighted by atomic mass is 9.91. The van der Waals surface area contributed by atoms with Gasteiger partial charge in [0.05, 0.1) is 16.9 Å². The Morgan fingerprint density at radius 1 is 1.04 bits per heavy atom. The standard InChI is InChI=1S/C20H31N4O.2CH2/c21-19-17(9-6-10-18(19)24-13-11-22-12-14-24)20(25)23-15-16-7-4-2-1-3-5-8-16;;/h6,9-10,22H,1-5,7-8,11-15,21H2,(H,23,25);2*1H2. The third-order valence-electron chi connectivity index (χ3n) is 5.35. The molecule has 149 valence electrons. The fourth-order valence-corrected chi connectivity index (χ4v) is 3.82. The number of hydrogen-bond acceptors (Lipinski definition) is 4. The predicted octanol–water partition coefficient (Wildman–Crippen LogP) is 3.38. The molecule has 1 saturated carbocycles. The van der Waals surface area contributed by atoms with Crippen molar-refractivity contribution < 1.29 is 4.79 Å². The number of hydrogen-bond donors (Lipinski definition) is 3. The van der Waals surface area contributed by atoms with Gasteiger partial charge in [0.1, 0.15) is 0 Å². The van der Waals surface area contributed by atoms with Crippen LogP contribution in [0, 0.1) is 20.8 Å². The maximum absolute atomic E-state index is 12.7. The van der Waals surface area contributed by atoms with Gasteiger partial charge in [-0.3, -0.25) is 4.79 Å². The molecule has 5 heteroatoms. The summed E-state index contributed by atoms with van der Waals surface area (Å²) in [4.78, 5) is 14.9. The quantitative estimate of drug-likeness (QED) is 0.710. The Hall–Kier alpha value is -1.75. The summed E-state index contributed by atoms with van der Waals surface area (Å²) < 4.78 is 0. The van der Waals surface area contributed by atoms with Crippen LogP contribution in [0.4, 0.5) is 11.4 Å². The molecular weight excluding hydrogens is 336 g/mol. The third-order valence-corrected chi connectivity index (χ3v) is 5.35. The Morgan fingerprint density at radius 3 is 2.33 bits per heavy atom. The average molecular weight is 372 g/mol. The molecule has 4 N–H and O–H groups in total. The van der Waals surface area contributed by atoms with Crippen LogP contribution in [0.15, 0.2) is 18.2 Å². The van der Waals surface area contributed by atoms with Gasteiger partial charge in [-0.15, -0.1) is 0 Å². The molecule has 2 fully saturated rings. The van der Waals surface area contributed by atoms with E-state index in [1.165, 1.54) is 38.0 Å². The van der Waals surface area contributed by atoms with Gasteiger partial charge in [-0.25, -0.2) is 0 Å². The monoisotopic (exact) mass is 371 g/mol. The second kappa shape index (κ2) is 11.9. The van der Waals surface area contributed by atoms with E-state index in [2.05, 4.69) is 15.5 Å². The van der Waals surface area contributed by atoms with E-state index in [4.69, 9.17) is 5.73 Å². The van der Waals surface area contributed by atoms with E-state index in [-0.39, 0.29) is 20.8 Å². The summed E-state index contributed by atoms with van der Waals surface area (Å²) in [5.74, 6) is 1.42. The molecule has 5 nitrogen and oxygen atoms in total. The number of anilines is 2. The molecule has 1 aliphatic carbocycles. The summed E-state index contributed by atoms with van der Waals surface area (Å²) in [5.41, 5.74) is 8.52. The molecule has 1 heterocycles. The number of carbonyl (C=O) groups excluding carboxylic acids is 1. The highest BCUT2D eigenvalue weighted by molar-refractivity contribution is 6.02. The molecule has 1 aromatic carbocycles. The number of carbonyl (C=O) groups is 1. The van der Waals surface area contributed by atoms with Crippen LogP contribution in [0.3, 0.4) is 0 Å². The fourth-order valence-electron chi connectivity index (χ4n) is 3.82. The summed E-state index contributed by atoms with van der Waals surface area (Å²) in [5, 5.41) is 6.44. The van der Waals surface area contributed by atoms with Crippen molar-refractivity contribution in [3.8, 4) is 0 Å². The van der Waals surface area contributed by atoms with Gasteiger partial charge in [-0.05, 0) is 30.9 Å². The van der Waals surface area contributed by atoms with E-state index in [0.29, 0.717) is 17.8 Å². The molecule has 1 saturated heterocycles. The van der Waals surface area contributed by atoms with E-state index in [0.717, 1.165) is 44.7 Å². The first kappa shape index (κ1) is 23.3. The second-order valence-electron chi connectivity index (χ2n) is 7.18. The third kappa shape index (κ3) is 6.42. The van der Waals surface area contributed by atoms with Crippen LogP contribution in [-0.2, 0) is 0 Å². The molecule has 2 aliphatic rings. The van der Waals surface area contributed by atoms with Gasteiger partial charge in [0.15, 0.2) is 0 Å². The second-order valence-corrected chi connectivity index (χ2v) is 7.18. The van der Waals surface area contributed by atoms with Crippen molar-refractivity contribution in [1.29, 1.82) is 0 Å². The lowest BCUT2D eigenvalue weighted by Crippen LogP contribution is -2.44. The summed E-state index contributed by atoms with van der Waals surface area (Å²) in [6.07, 6.45) is 8.80. The van der Waals surface area contributed by atoms with E-state index in [1.54, 1.807) is 0 Å². The minimum atomic E-state index is -0.0518. The summed E-state index contributed by atoms with van der Waals surface area (Å²) >= 11 is 0. The molecule has 1 amide bonds. The van der Waals surface area contributed by atoms with E-state index >= 15 is 0 Å². The highest BCUT2D eigenvalue weighted by Crippen LogP contribution is 2.27. The van der Waals surface area contributed by atoms with Crippen LogP contribution in [0.5, 0.6) is 0 Å². The number of amides is 1. The summed E-state index contributed by atoms with van der Waals surface area (Å²) in [7, 11) is 0. The van der Waals surface area contributed by atoms with Gasteiger partial charge in [-0.1, -0.05) is 53.0 Å². The summed E-state index contributed by atoms with van der Waals surface area (Å²) in [6, 6.07) is 5.78. The van der Waals surface area contributed by atoms with Crippen molar-refractivity contribution >= 4 is 17.3 Å². The van der Waals surface area contributed by atoms with Crippen LogP contribution in [0.25, 0.3) is 0 Å². The molecule has 0 bridgehead atoms. The van der Waals surface area contributed by atoms with Gasteiger partial charge < -0.3 is 21.3 Å². The van der Waals surface area contributed by atoms with Crippen molar-refractivity contribution in [2.45, 2.75) is 44.9 Å². The molecular formula is C22H35N4O. The van der Waals surface area contributed by atoms with Gasteiger partial charge in [0.25, 0.3) is 5.91 Å². The number of piperazine rings is 1. The summed E-state index contributed by atoms with van der Waals surface area (Å²) in [6.45, 7) is 4.44. The smallest absolute Gasteiger partial charge is 0.253 e. The lowest BCUT2D eigenvalue weighted by Gasteiger charge is -2.31. The Labute approximate surface area is 166 Å².